The maximum atomic E-state index is 6.33. The molecule has 0 atom stereocenters. The molecule has 0 amide bonds. The van der Waals surface area contributed by atoms with Gasteiger partial charge >= 0.3 is 0 Å². The Bertz CT molecular complexity index is 344. The van der Waals surface area contributed by atoms with E-state index < -0.39 is 5.91 Å². The SMILES string of the molecule is CCCCCCCCCCCCCCOC(N)(CC)OCCCCCCCCCCCCCC. The van der Waals surface area contributed by atoms with Crippen LogP contribution in [0, 0.1) is 0 Å². The molecule has 0 aromatic carbocycles. The van der Waals surface area contributed by atoms with E-state index in [4.69, 9.17) is 15.2 Å². The van der Waals surface area contributed by atoms with E-state index in [0.29, 0.717) is 6.42 Å². The predicted molar refractivity (Wildman–Crippen MR) is 151 cm³/mol. The first kappa shape index (κ1) is 33.9. The third-order valence-corrected chi connectivity index (χ3v) is 7.18. The topological polar surface area (TPSA) is 44.5 Å². The van der Waals surface area contributed by atoms with Gasteiger partial charge in [0.15, 0.2) is 0 Å². The zero-order chi connectivity index (χ0) is 25.0. The van der Waals surface area contributed by atoms with E-state index in [9.17, 15) is 0 Å². The van der Waals surface area contributed by atoms with Gasteiger partial charge in [0.25, 0.3) is 0 Å². The lowest BCUT2D eigenvalue weighted by Gasteiger charge is -2.28. The molecule has 0 aliphatic heterocycles. The molecule has 0 radical (unpaired) electrons. The second-order valence-electron chi connectivity index (χ2n) is 10.6. The molecule has 0 aromatic heterocycles. The number of ether oxygens (including phenoxy) is 2. The van der Waals surface area contributed by atoms with Gasteiger partial charge in [0.2, 0.25) is 5.91 Å². The van der Waals surface area contributed by atoms with Crippen LogP contribution in [0.2, 0.25) is 0 Å². The molecule has 0 unspecified atom stereocenters. The Morgan fingerprint density at radius 3 is 0.853 bits per heavy atom. The van der Waals surface area contributed by atoms with Crippen molar-refractivity contribution in [3.8, 4) is 0 Å². The molecule has 0 aromatic rings. The summed E-state index contributed by atoms with van der Waals surface area (Å²) >= 11 is 0. The van der Waals surface area contributed by atoms with Crippen LogP contribution in [0.3, 0.4) is 0 Å². The fourth-order valence-corrected chi connectivity index (χ4v) is 4.62. The van der Waals surface area contributed by atoms with Crippen LogP contribution in [-0.4, -0.2) is 19.1 Å². The summed E-state index contributed by atoms with van der Waals surface area (Å²) < 4.78 is 11.9. The second kappa shape index (κ2) is 27.5. The summed E-state index contributed by atoms with van der Waals surface area (Å²) in [5, 5.41) is 0. The molecule has 0 aliphatic rings. The lowest BCUT2D eigenvalue weighted by molar-refractivity contribution is -0.236. The Kier molecular flexibility index (Phi) is 27.4. The summed E-state index contributed by atoms with van der Waals surface area (Å²) in [4.78, 5) is 0. The van der Waals surface area contributed by atoms with Crippen LogP contribution in [0.4, 0.5) is 0 Å². The van der Waals surface area contributed by atoms with E-state index in [0.717, 1.165) is 26.1 Å². The minimum Gasteiger partial charge on any atom is -0.338 e. The molecular weight excluding hydrogens is 418 g/mol. The Labute approximate surface area is 215 Å². The fourth-order valence-electron chi connectivity index (χ4n) is 4.62. The van der Waals surface area contributed by atoms with Gasteiger partial charge in [0.1, 0.15) is 0 Å². The summed E-state index contributed by atoms with van der Waals surface area (Å²) in [5.74, 6) is -0.879. The lowest BCUT2D eigenvalue weighted by Crippen LogP contribution is -2.45. The third-order valence-electron chi connectivity index (χ3n) is 7.18. The van der Waals surface area contributed by atoms with E-state index in [1.807, 2.05) is 0 Å². The van der Waals surface area contributed by atoms with Crippen LogP contribution in [0.25, 0.3) is 0 Å². The molecule has 2 N–H and O–H groups in total. The van der Waals surface area contributed by atoms with Gasteiger partial charge in [-0.15, -0.1) is 0 Å². The number of unbranched alkanes of at least 4 members (excludes halogenated alkanes) is 22. The number of hydrogen-bond acceptors (Lipinski definition) is 3. The van der Waals surface area contributed by atoms with Gasteiger partial charge in [-0.1, -0.05) is 162 Å². The molecule has 0 heterocycles. The molecule has 3 heteroatoms. The lowest BCUT2D eigenvalue weighted by atomic mass is 10.1. The monoisotopic (exact) mass is 484 g/mol. The van der Waals surface area contributed by atoms with Crippen molar-refractivity contribution in [2.45, 2.75) is 187 Å². The van der Waals surface area contributed by atoms with Gasteiger partial charge in [-0.05, 0) is 12.8 Å². The molecule has 0 saturated carbocycles. The van der Waals surface area contributed by atoms with Crippen molar-refractivity contribution in [3.05, 3.63) is 0 Å². The van der Waals surface area contributed by atoms with Crippen LogP contribution in [0.1, 0.15) is 181 Å². The third kappa shape index (κ3) is 25.0. The number of rotatable bonds is 29. The molecule has 34 heavy (non-hydrogen) atoms. The molecule has 0 rings (SSSR count). The van der Waals surface area contributed by atoms with Crippen molar-refractivity contribution in [1.82, 2.24) is 0 Å². The second-order valence-corrected chi connectivity index (χ2v) is 10.6. The van der Waals surface area contributed by atoms with Gasteiger partial charge in [0.05, 0.1) is 13.2 Å². The van der Waals surface area contributed by atoms with E-state index in [2.05, 4.69) is 20.8 Å². The largest absolute Gasteiger partial charge is 0.338 e. The first-order valence-electron chi connectivity index (χ1n) is 15.7. The Balaban J connectivity index is 3.42. The molecule has 206 valence electrons. The summed E-state index contributed by atoms with van der Waals surface area (Å²) in [5.41, 5.74) is 6.33. The van der Waals surface area contributed by atoms with Crippen LogP contribution < -0.4 is 5.73 Å². The first-order valence-corrected chi connectivity index (χ1v) is 15.7. The predicted octanol–water partition coefficient (Wildman–Crippen LogP) is 10.4. The van der Waals surface area contributed by atoms with Crippen molar-refractivity contribution in [1.29, 1.82) is 0 Å². The highest BCUT2D eigenvalue weighted by molar-refractivity contribution is 4.59. The average Bonchev–Trinajstić information content (AvgIpc) is 2.85. The highest BCUT2D eigenvalue weighted by Gasteiger charge is 2.23. The Hall–Kier alpha value is -0.120. The number of hydrogen-bond donors (Lipinski definition) is 1. The van der Waals surface area contributed by atoms with Crippen molar-refractivity contribution in [2.24, 2.45) is 5.73 Å². The summed E-state index contributed by atoms with van der Waals surface area (Å²) in [6.07, 6.45) is 33.4. The Morgan fingerprint density at radius 2 is 0.618 bits per heavy atom. The highest BCUT2D eigenvalue weighted by Crippen LogP contribution is 2.16. The van der Waals surface area contributed by atoms with Crippen molar-refractivity contribution < 1.29 is 9.47 Å². The molecule has 0 aliphatic carbocycles. The average molecular weight is 484 g/mol. The van der Waals surface area contributed by atoms with Gasteiger partial charge in [-0.25, -0.2) is 0 Å². The molecule has 0 bridgehead atoms. The van der Waals surface area contributed by atoms with Gasteiger partial charge in [0, 0.05) is 6.42 Å². The van der Waals surface area contributed by atoms with E-state index in [1.54, 1.807) is 0 Å². The normalized spacial score (nSPS) is 12.0. The smallest absolute Gasteiger partial charge is 0.224 e. The van der Waals surface area contributed by atoms with Gasteiger partial charge < -0.3 is 9.47 Å². The molecule has 0 saturated heterocycles. The van der Waals surface area contributed by atoms with Crippen molar-refractivity contribution in [3.63, 3.8) is 0 Å². The van der Waals surface area contributed by atoms with Crippen molar-refractivity contribution in [2.75, 3.05) is 13.2 Å². The molecule has 0 fully saturated rings. The van der Waals surface area contributed by atoms with E-state index >= 15 is 0 Å². The van der Waals surface area contributed by atoms with Crippen molar-refractivity contribution >= 4 is 0 Å². The summed E-state index contributed by atoms with van der Waals surface area (Å²) in [6.45, 7) is 8.08. The maximum Gasteiger partial charge on any atom is 0.224 e. The zero-order valence-electron chi connectivity index (χ0n) is 24.0. The molecular formula is C31H65NO2. The fraction of sp³-hybridized carbons (Fsp3) is 1.00. The number of nitrogens with two attached hydrogens (primary N) is 1. The first-order chi connectivity index (χ1) is 16.7. The highest BCUT2D eigenvalue weighted by atomic mass is 16.7. The van der Waals surface area contributed by atoms with Crippen LogP contribution in [-0.2, 0) is 9.47 Å². The van der Waals surface area contributed by atoms with Crippen LogP contribution in [0.5, 0.6) is 0 Å². The zero-order valence-corrected chi connectivity index (χ0v) is 24.0. The molecule has 0 spiro atoms. The minimum atomic E-state index is -0.879. The van der Waals surface area contributed by atoms with E-state index in [1.165, 1.54) is 141 Å². The minimum absolute atomic E-state index is 0.712. The van der Waals surface area contributed by atoms with Gasteiger partial charge in [-0.2, -0.15) is 0 Å². The summed E-state index contributed by atoms with van der Waals surface area (Å²) in [6, 6.07) is 0. The quantitative estimate of drug-likeness (QED) is 0.0849. The molecule has 3 nitrogen and oxygen atoms in total. The maximum absolute atomic E-state index is 6.33. The van der Waals surface area contributed by atoms with Gasteiger partial charge in [-0.3, -0.25) is 5.73 Å². The van der Waals surface area contributed by atoms with Crippen LogP contribution >= 0.6 is 0 Å². The van der Waals surface area contributed by atoms with Crippen LogP contribution in [0.15, 0.2) is 0 Å². The van der Waals surface area contributed by atoms with E-state index in [-0.39, 0.29) is 0 Å². The Morgan fingerprint density at radius 1 is 0.382 bits per heavy atom. The standard InChI is InChI=1S/C31H65NO2/c1-4-7-9-11-13-15-17-19-21-23-25-27-29-33-31(32,6-3)34-30-28-26-24-22-20-18-16-14-12-10-8-5-2/h4-30,32H2,1-3H3. The summed E-state index contributed by atoms with van der Waals surface area (Å²) in [7, 11) is 0.